The van der Waals surface area contributed by atoms with Gasteiger partial charge in [0.15, 0.2) is 12.1 Å². The van der Waals surface area contributed by atoms with Crippen LogP contribution in [0.1, 0.15) is 16.2 Å². The Balaban J connectivity index is 0.00000242. The van der Waals surface area contributed by atoms with Gasteiger partial charge in [0.1, 0.15) is 11.8 Å². The zero-order valence-corrected chi connectivity index (χ0v) is 12.8. The Labute approximate surface area is 131 Å². The van der Waals surface area contributed by atoms with Crippen LogP contribution in [-0.2, 0) is 0 Å². The fourth-order valence-electron chi connectivity index (χ4n) is 2.24. The van der Waals surface area contributed by atoms with Crippen LogP contribution in [0.2, 0.25) is 0 Å². The molecule has 1 aliphatic heterocycles. The van der Waals surface area contributed by atoms with E-state index in [9.17, 15) is 18.0 Å². The van der Waals surface area contributed by atoms with E-state index in [0.717, 1.165) is 6.39 Å². The largest absolute Gasteiger partial charge is 0.448 e. The fraction of sp³-hybridized carbons (Fsp3) is 0.667. The third-order valence-corrected chi connectivity index (χ3v) is 3.39. The van der Waals surface area contributed by atoms with Crippen LogP contribution in [0.25, 0.3) is 0 Å². The number of aromatic nitrogens is 1. The first-order valence-electron chi connectivity index (χ1n) is 6.59. The SMILES string of the molecule is Cc1ocnc1C(=O)NCC(N1CCNCC1)C(F)(F)F.Cl. The molecule has 126 valence electrons. The lowest BCUT2D eigenvalue weighted by molar-refractivity contribution is -0.183. The number of alkyl halides is 3. The van der Waals surface area contributed by atoms with Crippen molar-refractivity contribution in [3.05, 3.63) is 17.8 Å². The Morgan fingerprint density at radius 2 is 2.14 bits per heavy atom. The van der Waals surface area contributed by atoms with E-state index in [1.54, 1.807) is 0 Å². The summed E-state index contributed by atoms with van der Waals surface area (Å²) >= 11 is 0. The third kappa shape index (κ3) is 4.59. The minimum atomic E-state index is -4.40. The number of halogens is 4. The van der Waals surface area contributed by atoms with E-state index in [4.69, 9.17) is 4.42 Å². The highest BCUT2D eigenvalue weighted by atomic mass is 35.5. The lowest BCUT2D eigenvalue weighted by Gasteiger charge is -2.35. The molecule has 0 aromatic carbocycles. The molecule has 1 atom stereocenters. The molecule has 1 fully saturated rings. The van der Waals surface area contributed by atoms with E-state index in [2.05, 4.69) is 15.6 Å². The van der Waals surface area contributed by atoms with Crippen LogP contribution in [0, 0.1) is 6.92 Å². The molecule has 1 amide bonds. The quantitative estimate of drug-likeness (QED) is 0.853. The smallest absolute Gasteiger partial charge is 0.405 e. The summed E-state index contributed by atoms with van der Waals surface area (Å²) in [6.45, 7) is 2.62. The number of oxazole rings is 1. The van der Waals surface area contributed by atoms with Gasteiger partial charge in [0, 0.05) is 32.7 Å². The topological polar surface area (TPSA) is 70.4 Å². The van der Waals surface area contributed by atoms with Gasteiger partial charge >= 0.3 is 6.18 Å². The Morgan fingerprint density at radius 1 is 1.50 bits per heavy atom. The van der Waals surface area contributed by atoms with Gasteiger partial charge in [0.05, 0.1) is 0 Å². The second-order valence-electron chi connectivity index (χ2n) is 4.81. The third-order valence-electron chi connectivity index (χ3n) is 3.39. The second-order valence-corrected chi connectivity index (χ2v) is 4.81. The van der Waals surface area contributed by atoms with Crippen molar-refractivity contribution < 1.29 is 22.4 Å². The summed E-state index contributed by atoms with van der Waals surface area (Å²) in [5.41, 5.74) is 0.0104. The average molecular weight is 343 g/mol. The number of carbonyl (C=O) groups excluding carboxylic acids is 1. The van der Waals surface area contributed by atoms with Crippen LogP contribution in [-0.4, -0.2) is 60.7 Å². The summed E-state index contributed by atoms with van der Waals surface area (Å²) in [7, 11) is 0. The molecule has 1 aromatic rings. The summed E-state index contributed by atoms with van der Waals surface area (Å²) in [4.78, 5) is 16.8. The average Bonchev–Trinajstić information content (AvgIpc) is 2.85. The monoisotopic (exact) mass is 342 g/mol. The van der Waals surface area contributed by atoms with E-state index in [1.165, 1.54) is 11.8 Å². The molecule has 2 rings (SSSR count). The van der Waals surface area contributed by atoms with Gasteiger partial charge < -0.3 is 15.1 Å². The molecule has 1 saturated heterocycles. The van der Waals surface area contributed by atoms with Crippen molar-refractivity contribution in [2.24, 2.45) is 0 Å². The molecule has 10 heteroatoms. The van der Waals surface area contributed by atoms with Gasteiger partial charge in [-0.05, 0) is 6.92 Å². The molecule has 0 saturated carbocycles. The van der Waals surface area contributed by atoms with Crippen molar-refractivity contribution in [1.82, 2.24) is 20.5 Å². The van der Waals surface area contributed by atoms with Gasteiger partial charge in [0.2, 0.25) is 0 Å². The molecule has 1 aromatic heterocycles. The fourth-order valence-corrected chi connectivity index (χ4v) is 2.24. The van der Waals surface area contributed by atoms with Crippen LogP contribution >= 0.6 is 12.4 Å². The Hall–Kier alpha value is -1.32. The van der Waals surface area contributed by atoms with Gasteiger partial charge in [-0.1, -0.05) is 0 Å². The maximum atomic E-state index is 13.1. The Bertz CT molecular complexity index is 489. The second kappa shape index (κ2) is 7.80. The van der Waals surface area contributed by atoms with E-state index in [-0.39, 0.29) is 23.9 Å². The number of carbonyl (C=O) groups is 1. The molecule has 0 radical (unpaired) electrons. The zero-order valence-electron chi connectivity index (χ0n) is 11.9. The normalized spacial score (nSPS) is 17.6. The van der Waals surface area contributed by atoms with E-state index in [0.29, 0.717) is 26.2 Å². The number of hydrogen-bond acceptors (Lipinski definition) is 5. The summed E-state index contributed by atoms with van der Waals surface area (Å²) in [5, 5.41) is 5.28. The predicted octanol–water partition coefficient (Wildman–Crippen LogP) is 0.971. The van der Waals surface area contributed by atoms with Crippen molar-refractivity contribution >= 4 is 18.3 Å². The minimum absolute atomic E-state index is 0. The van der Waals surface area contributed by atoms with Gasteiger partial charge in [0.25, 0.3) is 5.91 Å². The Morgan fingerprint density at radius 3 is 2.64 bits per heavy atom. The number of nitrogens with one attached hydrogen (secondary N) is 2. The Kier molecular flexibility index (Phi) is 6.64. The summed E-state index contributed by atoms with van der Waals surface area (Å²) in [5.74, 6) is -0.385. The number of nitrogens with zero attached hydrogens (tertiary/aromatic N) is 2. The first kappa shape index (κ1) is 18.7. The van der Waals surface area contributed by atoms with Crippen LogP contribution in [0.3, 0.4) is 0 Å². The number of amides is 1. The molecule has 2 N–H and O–H groups in total. The van der Waals surface area contributed by atoms with Gasteiger partial charge in [-0.3, -0.25) is 9.69 Å². The predicted molar refractivity (Wildman–Crippen MR) is 75.1 cm³/mol. The maximum absolute atomic E-state index is 13.1. The standard InChI is InChI=1S/C12H17F3N4O2.ClH/c1-8-10(18-7-21-8)11(20)17-6-9(12(13,14)15)19-4-2-16-3-5-19;/h7,9,16H,2-6H2,1H3,(H,17,20);1H. The molecule has 0 spiro atoms. The molecule has 1 unspecified atom stereocenters. The summed E-state index contributed by atoms with van der Waals surface area (Å²) < 4.78 is 44.3. The molecule has 6 nitrogen and oxygen atoms in total. The molecule has 22 heavy (non-hydrogen) atoms. The van der Waals surface area contributed by atoms with Gasteiger partial charge in [-0.15, -0.1) is 12.4 Å². The van der Waals surface area contributed by atoms with Crippen molar-refractivity contribution in [1.29, 1.82) is 0 Å². The number of piperazine rings is 1. The van der Waals surface area contributed by atoms with E-state index >= 15 is 0 Å². The molecular weight excluding hydrogens is 325 g/mol. The highest BCUT2D eigenvalue weighted by Crippen LogP contribution is 2.24. The van der Waals surface area contributed by atoms with Crippen molar-refractivity contribution in [3.63, 3.8) is 0 Å². The maximum Gasteiger partial charge on any atom is 0.405 e. The van der Waals surface area contributed by atoms with Crippen molar-refractivity contribution in [3.8, 4) is 0 Å². The lowest BCUT2D eigenvalue weighted by Crippen LogP contribution is -2.57. The minimum Gasteiger partial charge on any atom is -0.448 e. The molecular formula is C12H18ClF3N4O2. The van der Waals surface area contributed by atoms with Crippen LogP contribution in [0.5, 0.6) is 0 Å². The molecule has 1 aliphatic rings. The lowest BCUT2D eigenvalue weighted by atomic mass is 10.2. The molecule has 0 bridgehead atoms. The first-order valence-corrected chi connectivity index (χ1v) is 6.59. The van der Waals surface area contributed by atoms with Crippen molar-refractivity contribution in [2.75, 3.05) is 32.7 Å². The summed E-state index contributed by atoms with van der Waals surface area (Å²) in [6, 6.07) is -1.70. The van der Waals surface area contributed by atoms with Crippen LogP contribution < -0.4 is 10.6 Å². The van der Waals surface area contributed by atoms with Crippen LogP contribution in [0.15, 0.2) is 10.8 Å². The van der Waals surface area contributed by atoms with Gasteiger partial charge in [-0.25, -0.2) is 4.98 Å². The van der Waals surface area contributed by atoms with E-state index in [1.807, 2.05) is 0 Å². The number of rotatable bonds is 4. The highest BCUT2D eigenvalue weighted by molar-refractivity contribution is 5.93. The van der Waals surface area contributed by atoms with Gasteiger partial charge in [-0.2, -0.15) is 13.2 Å². The molecule has 0 aliphatic carbocycles. The summed E-state index contributed by atoms with van der Waals surface area (Å²) in [6.07, 6.45) is -3.31. The molecule has 2 heterocycles. The van der Waals surface area contributed by atoms with E-state index < -0.39 is 24.7 Å². The zero-order chi connectivity index (χ0) is 15.5. The number of aryl methyl sites for hydroxylation is 1. The van der Waals surface area contributed by atoms with Crippen molar-refractivity contribution in [2.45, 2.75) is 19.1 Å². The number of hydrogen-bond donors (Lipinski definition) is 2. The first-order chi connectivity index (χ1) is 9.89. The highest BCUT2D eigenvalue weighted by Gasteiger charge is 2.43. The van der Waals surface area contributed by atoms with Crippen LogP contribution in [0.4, 0.5) is 13.2 Å².